The lowest BCUT2D eigenvalue weighted by atomic mass is 9.83. The van der Waals surface area contributed by atoms with E-state index >= 15 is 0 Å². The predicted molar refractivity (Wildman–Crippen MR) is 117 cm³/mol. The van der Waals surface area contributed by atoms with Gasteiger partial charge in [0.05, 0.1) is 0 Å². The monoisotopic (exact) mass is 418 g/mol. The number of carbonyl (C=O) groups is 1. The van der Waals surface area contributed by atoms with Gasteiger partial charge in [-0.25, -0.2) is 0 Å². The molecule has 160 valence electrons. The van der Waals surface area contributed by atoms with Crippen LogP contribution >= 0.6 is 0 Å². The molecular formula is C24H26N4O3. The van der Waals surface area contributed by atoms with E-state index in [-0.39, 0.29) is 23.3 Å². The minimum absolute atomic E-state index is 0.102. The van der Waals surface area contributed by atoms with Gasteiger partial charge in [-0.3, -0.25) is 9.59 Å². The van der Waals surface area contributed by atoms with Crippen molar-refractivity contribution in [2.24, 2.45) is 5.92 Å². The molecule has 4 heterocycles. The van der Waals surface area contributed by atoms with Gasteiger partial charge in [0.2, 0.25) is 0 Å². The maximum absolute atomic E-state index is 13.2. The van der Waals surface area contributed by atoms with Crippen molar-refractivity contribution in [2.75, 3.05) is 27.2 Å². The van der Waals surface area contributed by atoms with E-state index in [1.54, 1.807) is 6.07 Å². The average Bonchev–Trinajstić information content (AvgIpc) is 3.26. The highest BCUT2D eigenvalue weighted by molar-refractivity contribution is 5.93. The number of piperidine rings is 1. The molecule has 1 saturated heterocycles. The Hall–Kier alpha value is -3.19. The van der Waals surface area contributed by atoms with E-state index in [4.69, 9.17) is 4.52 Å². The Morgan fingerprint density at radius 1 is 1.13 bits per heavy atom. The molecule has 3 aromatic rings. The molecule has 7 heteroatoms. The molecule has 2 aromatic heterocycles. The van der Waals surface area contributed by atoms with Crippen molar-refractivity contribution in [3.05, 3.63) is 75.8 Å². The fourth-order valence-corrected chi connectivity index (χ4v) is 4.89. The number of hydrogen-bond donors (Lipinski definition) is 0. The quantitative estimate of drug-likeness (QED) is 0.652. The summed E-state index contributed by atoms with van der Waals surface area (Å²) in [7, 11) is 3.93. The summed E-state index contributed by atoms with van der Waals surface area (Å²) in [5.41, 5.74) is 3.18. The number of pyridine rings is 1. The van der Waals surface area contributed by atoms with E-state index in [0.717, 1.165) is 23.2 Å². The number of benzene rings is 1. The third kappa shape index (κ3) is 3.70. The van der Waals surface area contributed by atoms with Gasteiger partial charge >= 0.3 is 0 Å². The van der Waals surface area contributed by atoms with Gasteiger partial charge in [-0.15, -0.1) is 0 Å². The third-order valence-electron chi connectivity index (χ3n) is 6.24. The van der Waals surface area contributed by atoms with Crippen molar-refractivity contribution in [1.82, 2.24) is 19.5 Å². The highest BCUT2D eigenvalue weighted by Crippen LogP contribution is 2.36. The summed E-state index contributed by atoms with van der Waals surface area (Å²) in [6.45, 7) is 2.51. The molecule has 0 spiro atoms. The first kappa shape index (κ1) is 19.8. The van der Waals surface area contributed by atoms with Crippen LogP contribution < -0.4 is 5.56 Å². The van der Waals surface area contributed by atoms with Gasteiger partial charge in [0.25, 0.3) is 11.5 Å². The number of amides is 1. The fourth-order valence-electron chi connectivity index (χ4n) is 4.89. The van der Waals surface area contributed by atoms with Crippen molar-refractivity contribution in [3.63, 3.8) is 0 Å². The molecule has 7 nitrogen and oxygen atoms in total. The number of carbonyl (C=O) groups excluding carboxylic acids is 1. The minimum Gasteiger partial charge on any atom is -0.355 e. The molecule has 2 aliphatic heterocycles. The van der Waals surface area contributed by atoms with Gasteiger partial charge in [0.1, 0.15) is 0 Å². The molecule has 31 heavy (non-hydrogen) atoms. The second-order valence-corrected chi connectivity index (χ2v) is 8.89. The summed E-state index contributed by atoms with van der Waals surface area (Å²) in [5.74, 6) is 0.910. The summed E-state index contributed by atoms with van der Waals surface area (Å²) < 4.78 is 7.36. The van der Waals surface area contributed by atoms with E-state index < -0.39 is 0 Å². The second-order valence-electron chi connectivity index (χ2n) is 8.89. The van der Waals surface area contributed by atoms with Crippen LogP contribution in [0, 0.1) is 5.92 Å². The summed E-state index contributed by atoms with van der Waals surface area (Å²) in [5, 5.41) is 4.03. The van der Waals surface area contributed by atoms with Crippen LogP contribution in [0.5, 0.6) is 0 Å². The number of likely N-dealkylation sites (tertiary alicyclic amines) is 1. The number of nitrogens with zero attached hydrogens (tertiary/aromatic N) is 4. The Balaban J connectivity index is 1.37. The molecule has 2 bridgehead atoms. The first-order chi connectivity index (χ1) is 15.0. The fraction of sp³-hybridized carbons (Fsp3) is 0.375. The molecule has 2 aliphatic rings. The first-order valence-electron chi connectivity index (χ1n) is 10.7. The zero-order chi connectivity index (χ0) is 21.5. The molecule has 1 aromatic carbocycles. The van der Waals surface area contributed by atoms with E-state index in [1.165, 1.54) is 0 Å². The van der Waals surface area contributed by atoms with Gasteiger partial charge < -0.3 is 18.9 Å². The van der Waals surface area contributed by atoms with Crippen molar-refractivity contribution in [2.45, 2.75) is 25.4 Å². The molecular weight excluding hydrogens is 392 g/mol. The summed E-state index contributed by atoms with van der Waals surface area (Å²) in [6.07, 6.45) is 1.00. The lowest BCUT2D eigenvalue weighted by Gasteiger charge is -2.42. The SMILES string of the molecule is CN(C)Cc1ccc2n(c1=O)C[C@H]1C[C@@H]2CN(C(=O)c2cc(-c3ccccc3)on2)C1. The third-order valence-corrected chi connectivity index (χ3v) is 6.24. The number of hydrogen-bond acceptors (Lipinski definition) is 5. The van der Waals surface area contributed by atoms with E-state index in [1.807, 2.05) is 64.9 Å². The van der Waals surface area contributed by atoms with Gasteiger partial charge in [-0.05, 0) is 32.5 Å². The number of aromatic nitrogens is 2. The maximum atomic E-state index is 13.2. The van der Waals surface area contributed by atoms with Crippen molar-refractivity contribution in [1.29, 1.82) is 0 Å². The van der Waals surface area contributed by atoms with Gasteiger partial charge in [-0.2, -0.15) is 0 Å². The molecule has 2 atom stereocenters. The van der Waals surface area contributed by atoms with Crippen LogP contribution in [0.15, 0.2) is 57.8 Å². The van der Waals surface area contributed by atoms with Crippen LogP contribution in [0.3, 0.4) is 0 Å². The molecule has 0 saturated carbocycles. The standard InChI is InChI=1S/C24H26N4O3/c1-26(2)14-18-8-9-21-19-10-16(13-28(21)23(18)29)12-27(15-19)24(30)20-11-22(31-25-20)17-6-4-3-5-7-17/h3-9,11,16,19H,10,12-15H2,1-2H3/t16-,19+/m0/s1. The van der Waals surface area contributed by atoms with Crippen LogP contribution in [0.4, 0.5) is 0 Å². The molecule has 0 unspecified atom stereocenters. The Morgan fingerprint density at radius 3 is 2.71 bits per heavy atom. The lowest BCUT2D eigenvalue weighted by molar-refractivity contribution is 0.0584. The van der Waals surface area contributed by atoms with Crippen LogP contribution in [-0.4, -0.2) is 52.6 Å². The van der Waals surface area contributed by atoms with Crippen molar-refractivity contribution < 1.29 is 9.32 Å². The van der Waals surface area contributed by atoms with E-state index in [2.05, 4.69) is 11.2 Å². The van der Waals surface area contributed by atoms with Crippen molar-refractivity contribution >= 4 is 5.91 Å². The summed E-state index contributed by atoms with van der Waals surface area (Å²) >= 11 is 0. The largest absolute Gasteiger partial charge is 0.355 e. The lowest BCUT2D eigenvalue weighted by Crippen LogP contribution is -2.49. The number of rotatable bonds is 4. The molecule has 0 aliphatic carbocycles. The van der Waals surface area contributed by atoms with Gasteiger partial charge in [-0.1, -0.05) is 41.6 Å². The minimum atomic E-state index is -0.111. The molecule has 1 fully saturated rings. The first-order valence-corrected chi connectivity index (χ1v) is 10.7. The topological polar surface area (TPSA) is 71.6 Å². The molecule has 5 rings (SSSR count). The van der Waals surface area contributed by atoms with E-state index in [9.17, 15) is 9.59 Å². The van der Waals surface area contributed by atoms with Crippen LogP contribution in [-0.2, 0) is 13.1 Å². The zero-order valence-corrected chi connectivity index (χ0v) is 17.8. The normalized spacial score (nSPS) is 20.0. The highest BCUT2D eigenvalue weighted by Gasteiger charge is 2.37. The predicted octanol–water partition coefficient (Wildman–Crippen LogP) is 2.82. The molecule has 1 amide bonds. The van der Waals surface area contributed by atoms with Gasteiger partial charge in [0, 0.05) is 55.0 Å². The van der Waals surface area contributed by atoms with Crippen LogP contribution in [0.25, 0.3) is 11.3 Å². The van der Waals surface area contributed by atoms with E-state index in [0.29, 0.717) is 37.6 Å². The molecule has 0 N–H and O–H groups in total. The van der Waals surface area contributed by atoms with Crippen LogP contribution in [0.1, 0.15) is 34.1 Å². The van der Waals surface area contributed by atoms with Gasteiger partial charge in [0.15, 0.2) is 11.5 Å². The summed E-state index contributed by atoms with van der Waals surface area (Å²) in [4.78, 5) is 30.0. The zero-order valence-electron chi connectivity index (χ0n) is 17.8. The van der Waals surface area contributed by atoms with Crippen molar-refractivity contribution in [3.8, 4) is 11.3 Å². The summed E-state index contributed by atoms with van der Waals surface area (Å²) in [6, 6.07) is 15.4. The maximum Gasteiger partial charge on any atom is 0.276 e. The Morgan fingerprint density at radius 2 is 1.94 bits per heavy atom. The van der Waals surface area contributed by atoms with Crippen LogP contribution in [0.2, 0.25) is 0 Å². The molecule has 0 radical (unpaired) electrons. The highest BCUT2D eigenvalue weighted by atomic mass is 16.5. The average molecular weight is 418 g/mol. The Bertz CT molecular complexity index is 1170. The second kappa shape index (κ2) is 7.81. The smallest absolute Gasteiger partial charge is 0.276 e. The Kier molecular flexibility index (Phi) is 4.98. The number of fused-ring (bicyclic) bond motifs is 4. The Labute approximate surface area is 180 Å².